The third-order valence-corrected chi connectivity index (χ3v) is 0. The summed E-state index contributed by atoms with van der Waals surface area (Å²) in [6, 6.07) is 0. The minimum Gasteiger partial charge on any atom is -0.400 e. The van der Waals surface area contributed by atoms with E-state index in [9.17, 15) is 0 Å². The van der Waals surface area contributed by atoms with Crippen molar-refractivity contribution in [3.8, 4) is 0 Å². The summed E-state index contributed by atoms with van der Waals surface area (Å²) in [5, 5.41) is 7.00. The molecular formula is CH6O4S. The molecule has 0 aromatic rings. The molecule has 40 valence electrons. The average molecular weight is 114 g/mol. The monoisotopic (exact) mass is 114 g/mol. The smallest absolute Gasteiger partial charge is 0.299 e. The van der Waals surface area contributed by atoms with Gasteiger partial charge in [0.25, 0.3) is 11.4 Å². The van der Waals surface area contributed by atoms with Crippen molar-refractivity contribution in [2.75, 3.05) is 7.11 Å². The van der Waals surface area contributed by atoms with Crippen LogP contribution in [-0.2, 0) is 11.4 Å². The molecule has 3 N–H and O–H groups in total. The Kier molecular flexibility index (Phi) is 13.9. The third kappa shape index (κ3) is 41100. The van der Waals surface area contributed by atoms with Crippen molar-refractivity contribution >= 4 is 11.4 Å². The maximum atomic E-state index is 8.67. The molecule has 0 unspecified atom stereocenters. The van der Waals surface area contributed by atoms with Crippen LogP contribution >= 0.6 is 0 Å². The first-order chi connectivity index (χ1) is 2.73. The van der Waals surface area contributed by atoms with Crippen molar-refractivity contribution in [2.45, 2.75) is 0 Å². The van der Waals surface area contributed by atoms with Gasteiger partial charge >= 0.3 is 0 Å². The lowest BCUT2D eigenvalue weighted by atomic mass is 11.8. The Balaban J connectivity index is 0. The fourth-order valence-electron chi connectivity index (χ4n) is 0. The second-order valence-corrected chi connectivity index (χ2v) is 0.692. The Morgan fingerprint density at radius 3 is 1.33 bits per heavy atom. The molecule has 0 heterocycles. The zero-order valence-corrected chi connectivity index (χ0v) is 3.97. The molecule has 0 rings (SSSR count). The number of hydrogen-bond acceptors (Lipinski definition) is 2. The molecule has 0 amide bonds. The predicted molar refractivity (Wildman–Crippen MR) is 21.5 cm³/mol. The lowest BCUT2D eigenvalue weighted by molar-refractivity contribution is 0.399. The molecule has 0 aromatic heterocycles. The van der Waals surface area contributed by atoms with Crippen LogP contribution in [0.3, 0.4) is 0 Å². The van der Waals surface area contributed by atoms with Crippen LogP contribution in [0.4, 0.5) is 0 Å². The first kappa shape index (κ1) is 9.39. The van der Waals surface area contributed by atoms with Gasteiger partial charge in [-0.3, -0.25) is 9.11 Å². The van der Waals surface area contributed by atoms with Crippen LogP contribution in [0.5, 0.6) is 0 Å². The molecule has 0 saturated heterocycles. The van der Waals surface area contributed by atoms with Gasteiger partial charge < -0.3 is 5.11 Å². The maximum absolute atomic E-state index is 8.67. The van der Waals surface area contributed by atoms with E-state index in [1.54, 1.807) is 0 Å². The van der Waals surface area contributed by atoms with Gasteiger partial charge in [-0.05, 0) is 0 Å². The topological polar surface area (TPSA) is 77.8 Å². The fraction of sp³-hybridized carbons (Fsp3) is 1.00. The molecule has 0 aliphatic rings. The summed E-state index contributed by atoms with van der Waals surface area (Å²) in [6.07, 6.45) is 0. The summed E-state index contributed by atoms with van der Waals surface area (Å²) in [4.78, 5) is 0. The zero-order valence-electron chi connectivity index (χ0n) is 3.16. The number of aliphatic hydroxyl groups excluding tert-OH is 1. The van der Waals surface area contributed by atoms with Crippen LogP contribution in [0.25, 0.3) is 0 Å². The summed E-state index contributed by atoms with van der Waals surface area (Å²) in [6.45, 7) is 0. The average Bonchev–Trinajstić information content (AvgIpc) is 1.41. The van der Waals surface area contributed by atoms with Gasteiger partial charge in [0.1, 0.15) is 0 Å². The van der Waals surface area contributed by atoms with E-state index in [-0.39, 0.29) is 0 Å². The quantitative estimate of drug-likeness (QED) is 0.363. The van der Waals surface area contributed by atoms with Gasteiger partial charge in [-0.15, -0.1) is 0 Å². The molecule has 4 nitrogen and oxygen atoms in total. The SMILES string of the molecule is CO.O=S(O)O. The predicted octanol–water partition coefficient (Wildman–Crippen LogP) is -0.710. The molecule has 0 atom stereocenters. The number of rotatable bonds is 0. The Morgan fingerprint density at radius 1 is 1.33 bits per heavy atom. The minimum absolute atomic E-state index is 1.00. The Hall–Kier alpha value is 0.0300. The van der Waals surface area contributed by atoms with E-state index in [4.69, 9.17) is 18.4 Å². The molecule has 0 radical (unpaired) electrons. The molecule has 0 saturated carbocycles. The second kappa shape index (κ2) is 8.90. The van der Waals surface area contributed by atoms with E-state index in [0.29, 0.717) is 0 Å². The largest absolute Gasteiger partial charge is 0.400 e. The third-order valence-electron chi connectivity index (χ3n) is 0. The molecular weight excluding hydrogens is 108 g/mol. The van der Waals surface area contributed by atoms with Gasteiger partial charge in [-0.1, -0.05) is 0 Å². The number of aliphatic hydroxyl groups is 1. The van der Waals surface area contributed by atoms with Crippen molar-refractivity contribution in [1.82, 2.24) is 0 Å². The summed E-state index contributed by atoms with van der Waals surface area (Å²) in [7, 11) is 1.00. The van der Waals surface area contributed by atoms with Gasteiger partial charge in [0, 0.05) is 7.11 Å². The Morgan fingerprint density at radius 2 is 1.33 bits per heavy atom. The molecule has 6 heavy (non-hydrogen) atoms. The van der Waals surface area contributed by atoms with Crippen LogP contribution in [-0.4, -0.2) is 25.5 Å². The molecule has 0 aliphatic carbocycles. The highest BCUT2D eigenvalue weighted by atomic mass is 32.2. The van der Waals surface area contributed by atoms with Crippen LogP contribution < -0.4 is 0 Å². The molecule has 0 bridgehead atoms. The van der Waals surface area contributed by atoms with Crippen molar-refractivity contribution in [3.05, 3.63) is 0 Å². The van der Waals surface area contributed by atoms with Gasteiger partial charge in [0.05, 0.1) is 0 Å². The van der Waals surface area contributed by atoms with Crippen molar-refractivity contribution in [1.29, 1.82) is 0 Å². The Labute approximate surface area is 37.9 Å². The highest BCUT2D eigenvalue weighted by molar-refractivity contribution is 7.73. The molecule has 0 aliphatic heterocycles. The highest BCUT2D eigenvalue weighted by Crippen LogP contribution is 1.44. The van der Waals surface area contributed by atoms with Crippen molar-refractivity contribution in [2.24, 2.45) is 0 Å². The number of hydrogen-bond donors (Lipinski definition) is 3. The standard InChI is InChI=1S/CH4O.H2O3S/c1-2;1-4(2)3/h2H,1H3;(H2,1,2,3). The normalized spacial score (nSPS) is 6.83. The summed E-state index contributed by atoms with van der Waals surface area (Å²) < 4.78 is 22.8. The lowest BCUT2D eigenvalue weighted by Gasteiger charge is -1.59. The molecule has 5 heteroatoms. The lowest BCUT2D eigenvalue weighted by Crippen LogP contribution is -1.74. The van der Waals surface area contributed by atoms with Crippen LogP contribution in [0.15, 0.2) is 0 Å². The van der Waals surface area contributed by atoms with E-state index >= 15 is 0 Å². The van der Waals surface area contributed by atoms with E-state index < -0.39 is 11.4 Å². The van der Waals surface area contributed by atoms with Gasteiger partial charge in [-0.2, -0.15) is 4.21 Å². The first-order valence-corrected chi connectivity index (χ1v) is 2.04. The van der Waals surface area contributed by atoms with Crippen LogP contribution in [0.2, 0.25) is 0 Å². The van der Waals surface area contributed by atoms with Gasteiger partial charge in [-0.25, -0.2) is 0 Å². The van der Waals surface area contributed by atoms with Gasteiger partial charge in [0.15, 0.2) is 0 Å². The molecule has 0 aromatic carbocycles. The van der Waals surface area contributed by atoms with E-state index in [2.05, 4.69) is 0 Å². The van der Waals surface area contributed by atoms with Crippen molar-refractivity contribution < 1.29 is 18.4 Å². The van der Waals surface area contributed by atoms with E-state index in [0.717, 1.165) is 7.11 Å². The molecule has 0 fully saturated rings. The zero-order chi connectivity index (χ0) is 5.58. The Bertz CT molecular complexity index is 30.5. The summed E-state index contributed by atoms with van der Waals surface area (Å²) >= 11 is -2.61. The summed E-state index contributed by atoms with van der Waals surface area (Å²) in [5.41, 5.74) is 0. The molecule has 0 spiro atoms. The van der Waals surface area contributed by atoms with Crippen LogP contribution in [0.1, 0.15) is 0 Å². The van der Waals surface area contributed by atoms with Crippen LogP contribution in [0, 0.1) is 0 Å². The van der Waals surface area contributed by atoms with Gasteiger partial charge in [0.2, 0.25) is 0 Å². The van der Waals surface area contributed by atoms with E-state index in [1.165, 1.54) is 0 Å². The summed E-state index contributed by atoms with van der Waals surface area (Å²) in [5.74, 6) is 0. The first-order valence-electron chi connectivity index (χ1n) is 0.979. The highest BCUT2D eigenvalue weighted by Gasteiger charge is 1.62. The van der Waals surface area contributed by atoms with Crippen molar-refractivity contribution in [3.63, 3.8) is 0 Å². The fourth-order valence-corrected chi connectivity index (χ4v) is 0. The van der Waals surface area contributed by atoms with E-state index in [1.807, 2.05) is 0 Å². The maximum Gasteiger partial charge on any atom is 0.299 e. The minimum atomic E-state index is -2.61. The second-order valence-electron chi connectivity index (χ2n) is 0.231.